The molecule has 3 rings (SSSR count). The van der Waals surface area contributed by atoms with E-state index in [-0.39, 0.29) is 22.2 Å². The van der Waals surface area contributed by atoms with Gasteiger partial charge in [-0.1, -0.05) is 59.6 Å². The van der Waals surface area contributed by atoms with Crippen LogP contribution in [0.15, 0.2) is 65.6 Å². The van der Waals surface area contributed by atoms with E-state index in [9.17, 15) is 17.9 Å². The zero-order valence-electron chi connectivity index (χ0n) is 13.8. The number of halogens is 3. The van der Waals surface area contributed by atoms with Crippen molar-refractivity contribution in [2.24, 2.45) is 0 Å². The molecule has 0 aliphatic heterocycles. The molecule has 27 heavy (non-hydrogen) atoms. The third-order valence-corrected chi connectivity index (χ3v) is 5.81. The molecule has 0 aliphatic carbocycles. The summed E-state index contributed by atoms with van der Waals surface area (Å²) in [6.45, 7) is -0.307. The third kappa shape index (κ3) is 4.42. The molecule has 8 heteroatoms. The summed E-state index contributed by atoms with van der Waals surface area (Å²) in [5.41, 5.74) is 1.79. The lowest BCUT2D eigenvalue weighted by Crippen LogP contribution is -2.24. The molecule has 0 fully saturated rings. The minimum absolute atomic E-state index is 0.0513. The van der Waals surface area contributed by atoms with Gasteiger partial charge in [0.25, 0.3) is 0 Å². The molecule has 0 spiro atoms. The molecule has 0 heterocycles. The van der Waals surface area contributed by atoms with Gasteiger partial charge in [0, 0.05) is 17.1 Å². The summed E-state index contributed by atoms with van der Waals surface area (Å²) in [7, 11) is -4.16. The summed E-state index contributed by atoms with van der Waals surface area (Å²) >= 11 is 11.6. The van der Waals surface area contributed by atoms with Crippen LogP contribution in [0.25, 0.3) is 11.1 Å². The van der Waals surface area contributed by atoms with Crippen molar-refractivity contribution in [2.45, 2.75) is 11.4 Å². The summed E-state index contributed by atoms with van der Waals surface area (Å²) in [5, 5.41) is 9.78. The van der Waals surface area contributed by atoms with Crippen LogP contribution in [0.4, 0.5) is 4.39 Å². The van der Waals surface area contributed by atoms with Gasteiger partial charge in [0.2, 0.25) is 10.0 Å². The van der Waals surface area contributed by atoms with Crippen molar-refractivity contribution < 1.29 is 17.9 Å². The average Bonchev–Trinajstić information content (AvgIpc) is 2.64. The first kappa shape index (κ1) is 19.6. The second kappa shape index (κ2) is 7.86. The van der Waals surface area contributed by atoms with Crippen molar-refractivity contribution in [3.63, 3.8) is 0 Å². The molecule has 3 aromatic carbocycles. The number of rotatable bonds is 5. The van der Waals surface area contributed by atoms with Crippen molar-refractivity contribution in [2.75, 3.05) is 0 Å². The van der Waals surface area contributed by atoms with Crippen LogP contribution in [0, 0.1) is 5.82 Å². The van der Waals surface area contributed by atoms with Gasteiger partial charge in [0.15, 0.2) is 5.75 Å². The van der Waals surface area contributed by atoms with E-state index in [2.05, 4.69) is 4.72 Å². The van der Waals surface area contributed by atoms with E-state index in [0.717, 1.165) is 17.2 Å². The Morgan fingerprint density at radius 2 is 1.67 bits per heavy atom. The fourth-order valence-electron chi connectivity index (χ4n) is 2.52. The lowest BCUT2D eigenvalue weighted by atomic mass is 10.0. The predicted molar refractivity (Wildman–Crippen MR) is 104 cm³/mol. The summed E-state index contributed by atoms with van der Waals surface area (Å²) in [4.78, 5) is -0.473. The maximum Gasteiger partial charge on any atom is 0.244 e. The van der Waals surface area contributed by atoms with Crippen LogP contribution in [0.5, 0.6) is 5.75 Å². The number of hydrogen-bond donors (Lipinski definition) is 2. The molecule has 0 saturated carbocycles. The Kier molecular flexibility index (Phi) is 5.72. The summed E-state index contributed by atoms with van der Waals surface area (Å²) in [6, 6.07) is 16.1. The highest BCUT2D eigenvalue weighted by molar-refractivity contribution is 7.89. The first-order chi connectivity index (χ1) is 12.8. The monoisotopic (exact) mass is 425 g/mol. The molecule has 0 atom stereocenters. The first-order valence-corrected chi connectivity index (χ1v) is 10.0. The highest BCUT2D eigenvalue weighted by atomic mass is 35.5. The van der Waals surface area contributed by atoms with Crippen LogP contribution in [0.2, 0.25) is 10.0 Å². The minimum Gasteiger partial charge on any atom is -0.505 e. The fraction of sp³-hybridized carbons (Fsp3) is 0.0526. The van der Waals surface area contributed by atoms with Gasteiger partial charge in [-0.3, -0.25) is 0 Å². The number of aromatic hydroxyl groups is 1. The van der Waals surface area contributed by atoms with Crippen molar-refractivity contribution in [1.29, 1.82) is 0 Å². The predicted octanol–water partition coefficient (Wildman–Crippen LogP) is 4.98. The fourth-order valence-corrected chi connectivity index (χ4v) is 4.28. The Bertz CT molecular complexity index is 1090. The van der Waals surface area contributed by atoms with Crippen LogP contribution in [-0.2, 0) is 16.6 Å². The van der Waals surface area contributed by atoms with E-state index < -0.39 is 26.5 Å². The van der Waals surface area contributed by atoms with Gasteiger partial charge in [-0.2, -0.15) is 0 Å². The van der Waals surface area contributed by atoms with Crippen molar-refractivity contribution in [1.82, 2.24) is 4.72 Å². The second-order valence-electron chi connectivity index (χ2n) is 5.73. The van der Waals surface area contributed by atoms with Crippen LogP contribution in [0.1, 0.15) is 5.56 Å². The number of hydrogen-bond acceptors (Lipinski definition) is 3. The number of nitrogens with one attached hydrogen (secondary N) is 1. The quantitative estimate of drug-likeness (QED) is 0.605. The molecule has 0 aromatic heterocycles. The topological polar surface area (TPSA) is 66.4 Å². The number of sulfonamides is 1. The summed E-state index contributed by atoms with van der Waals surface area (Å²) in [6.07, 6.45) is 0. The van der Waals surface area contributed by atoms with Gasteiger partial charge in [-0.25, -0.2) is 17.5 Å². The molecule has 2 N–H and O–H groups in total. The number of benzene rings is 3. The van der Waals surface area contributed by atoms with Crippen LogP contribution >= 0.6 is 23.2 Å². The molecular weight excluding hydrogens is 412 g/mol. The average molecular weight is 426 g/mol. The highest BCUT2D eigenvalue weighted by Gasteiger charge is 2.22. The Hall–Kier alpha value is -2.12. The lowest BCUT2D eigenvalue weighted by Gasteiger charge is -2.11. The summed E-state index contributed by atoms with van der Waals surface area (Å²) in [5.74, 6) is -1.17. The molecule has 0 bridgehead atoms. The molecule has 0 unspecified atom stereocenters. The van der Waals surface area contributed by atoms with Crippen LogP contribution in [-0.4, -0.2) is 13.5 Å². The molecule has 0 aliphatic rings. The van der Waals surface area contributed by atoms with Gasteiger partial charge in [-0.05, 0) is 35.4 Å². The van der Waals surface area contributed by atoms with E-state index in [4.69, 9.17) is 23.2 Å². The zero-order chi connectivity index (χ0) is 19.6. The molecule has 0 amide bonds. The molecule has 140 valence electrons. The standard InChI is InChI=1S/C19H14Cl2FNO3S/c20-15-9-16(21)19(24)18(10-15)27(25,26)23-11-14-8-13(6-7-17(14)22)12-4-2-1-3-5-12/h1-10,23-24H,11H2. The van der Waals surface area contributed by atoms with Crippen LogP contribution < -0.4 is 4.72 Å². The van der Waals surface area contributed by atoms with Crippen LogP contribution in [0.3, 0.4) is 0 Å². The molecule has 3 aromatic rings. The number of phenols is 1. The maximum atomic E-state index is 14.1. The maximum absolute atomic E-state index is 14.1. The Morgan fingerprint density at radius 1 is 0.963 bits per heavy atom. The molecule has 4 nitrogen and oxygen atoms in total. The zero-order valence-corrected chi connectivity index (χ0v) is 16.1. The highest BCUT2D eigenvalue weighted by Crippen LogP contribution is 2.34. The Balaban J connectivity index is 1.88. The molecular formula is C19H14Cl2FNO3S. The second-order valence-corrected chi connectivity index (χ2v) is 8.31. The largest absolute Gasteiger partial charge is 0.505 e. The van der Waals surface area contributed by atoms with Gasteiger partial charge >= 0.3 is 0 Å². The van der Waals surface area contributed by atoms with E-state index in [1.54, 1.807) is 12.1 Å². The SMILES string of the molecule is O=S(=O)(NCc1cc(-c2ccccc2)ccc1F)c1cc(Cl)cc(Cl)c1O. The van der Waals surface area contributed by atoms with E-state index in [1.807, 2.05) is 30.3 Å². The third-order valence-electron chi connectivity index (χ3n) is 3.89. The molecule has 0 radical (unpaired) electrons. The molecule has 0 saturated heterocycles. The van der Waals surface area contributed by atoms with Crippen molar-refractivity contribution in [3.8, 4) is 16.9 Å². The number of phenolic OH excluding ortho intramolecular Hbond substituents is 1. The smallest absolute Gasteiger partial charge is 0.244 e. The van der Waals surface area contributed by atoms with Gasteiger partial charge < -0.3 is 5.11 Å². The Morgan fingerprint density at radius 3 is 2.37 bits per heavy atom. The Labute approximate surface area is 166 Å². The first-order valence-electron chi connectivity index (χ1n) is 7.79. The van der Waals surface area contributed by atoms with Gasteiger partial charge in [0.05, 0.1) is 5.02 Å². The van der Waals surface area contributed by atoms with E-state index >= 15 is 0 Å². The van der Waals surface area contributed by atoms with Crippen molar-refractivity contribution >= 4 is 33.2 Å². The van der Waals surface area contributed by atoms with E-state index in [0.29, 0.717) is 0 Å². The lowest BCUT2D eigenvalue weighted by molar-refractivity contribution is 0.458. The minimum atomic E-state index is -4.16. The van der Waals surface area contributed by atoms with Gasteiger partial charge in [0.1, 0.15) is 10.7 Å². The summed E-state index contributed by atoms with van der Waals surface area (Å²) < 4.78 is 41.4. The normalized spacial score (nSPS) is 11.5. The van der Waals surface area contributed by atoms with Crippen molar-refractivity contribution in [3.05, 3.63) is 82.1 Å². The van der Waals surface area contributed by atoms with Gasteiger partial charge in [-0.15, -0.1) is 0 Å². The van der Waals surface area contributed by atoms with E-state index in [1.165, 1.54) is 12.1 Å².